The molecule has 8 heteroatoms. The Kier molecular flexibility index (Phi) is 5.66. The number of halogens is 1. The number of amides is 2. The van der Waals surface area contributed by atoms with Crippen molar-refractivity contribution >= 4 is 46.0 Å². The maximum atomic E-state index is 12.1. The van der Waals surface area contributed by atoms with E-state index in [9.17, 15) is 14.9 Å². The normalized spacial score (nSPS) is 13.1. The highest BCUT2D eigenvalue weighted by Gasteiger charge is 2.23. The number of nitrogens with one attached hydrogen (secondary N) is 2. The van der Waals surface area contributed by atoms with E-state index in [1.54, 1.807) is 24.3 Å². The fraction of sp³-hybridized carbons (Fsp3) is 0.222. The van der Waals surface area contributed by atoms with Crippen molar-refractivity contribution in [2.45, 2.75) is 25.7 Å². The van der Waals surface area contributed by atoms with Crippen molar-refractivity contribution in [2.24, 2.45) is 5.10 Å². The van der Waals surface area contributed by atoms with Crippen molar-refractivity contribution < 1.29 is 9.59 Å². The Morgan fingerprint density at radius 2 is 2.08 bits per heavy atom. The van der Waals surface area contributed by atoms with Crippen LogP contribution >= 0.6 is 22.9 Å². The van der Waals surface area contributed by atoms with Crippen LogP contribution < -0.4 is 10.7 Å². The molecule has 0 saturated heterocycles. The third kappa shape index (κ3) is 4.10. The monoisotopic (exact) mass is 386 g/mol. The van der Waals surface area contributed by atoms with Crippen molar-refractivity contribution in [3.63, 3.8) is 0 Å². The number of aryl methyl sites for hydroxylation is 1. The first-order valence-corrected chi connectivity index (χ1v) is 9.22. The van der Waals surface area contributed by atoms with E-state index in [1.165, 1.54) is 17.6 Å². The molecule has 0 atom stereocenters. The van der Waals surface area contributed by atoms with E-state index in [2.05, 4.69) is 21.9 Å². The molecule has 2 aromatic rings. The Morgan fingerprint density at radius 3 is 2.85 bits per heavy atom. The maximum absolute atomic E-state index is 12.1. The molecule has 0 radical (unpaired) electrons. The summed E-state index contributed by atoms with van der Waals surface area (Å²) in [6.45, 7) is 0. The van der Waals surface area contributed by atoms with Gasteiger partial charge in [-0.2, -0.15) is 10.4 Å². The molecule has 1 heterocycles. The molecule has 1 aromatic carbocycles. The summed E-state index contributed by atoms with van der Waals surface area (Å²) in [7, 11) is 0. The molecule has 26 heavy (non-hydrogen) atoms. The Balaban J connectivity index is 1.64. The van der Waals surface area contributed by atoms with Gasteiger partial charge in [0.2, 0.25) is 0 Å². The van der Waals surface area contributed by atoms with Crippen LogP contribution in [0, 0.1) is 11.3 Å². The fourth-order valence-electron chi connectivity index (χ4n) is 2.74. The van der Waals surface area contributed by atoms with Gasteiger partial charge in [0.1, 0.15) is 11.1 Å². The molecule has 2 N–H and O–H groups in total. The van der Waals surface area contributed by atoms with E-state index >= 15 is 0 Å². The van der Waals surface area contributed by atoms with Gasteiger partial charge in [-0.25, -0.2) is 5.43 Å². The number of rotatable bonds is 3. The first-order valence-electron chi connectivity index (χ1n) is 8.03. The van der Waals surface area contributed by atoms with Crippen LogP contribution in [-0.4, -0.2) is 18.0 Å². The number of hydrogen-bond donors (Lipinski definition) is 2. The molecule has 3 rings (SSSR count). The lowest BCUT2D eigenvalue weighted by Crippen LogP contribution is -2.32. The number of carbonyl (C=O) groups is 2. The molecule has 0 saturated carbocycles. The highest BCUT2D eigenvalue weighted by molar-refractivity contribution is 7.16. The van der Waals surface area contributed by atoms with E-state index in [4.69, 9.17) is 11.6 Å². The average Bonchev–Trinajstić information content (AvgIpc) is 2.98. The Bertz CT molecular complexity index is 930. The van der Waals surface area contributed by atoms with Crippen LogP contribution in [0.5, 0.6) is 0 Å². The fourth-order valence-corrected chi connectivity index (χ4v) is 4.17. The molecule has 0 spiro atoms. The summed E-state index contributed by atoms with van der Waals surface area (Å²) in [4.78, 5) is 25.1. The topological polar surface area (TPSA) is 94.4 Å². The van der Waals surface area contributed by atoms with Crippen molar-refractivity contribution in [1.29, 1.82) is 5.26 Å². The Hall–Kier alpha value is -2.69. The molecule has 0 fully saturated rings. The lowest BCUT2D eigenvalue weighted by Gasteiger charge is -2.09. The highest BCUT2D eigenvalue weighted by atomic mass is 35.5. The van der Waals surface area contributed by atoms with Crippen molar-refractivity contribution in [1.82, 2.24) is 5.43 Å². The summed E-state index contributed by atoms with van der Waals surface area (Å²) in [5.74, 6) is -1.76. The smallest absolute Gasteiger partial charge is 0.308 e. The third-order valence-electron chi connectivity index (χ3n) is 3.94. The lowest BCUT2D eigenvalue weighted by molar-refractivity contribution is -0.136. The zero-order valence-corrected chi connectivity index (χ0v) is 15.3. The van der Waals surface area contributed by atoms with Gasteiger partial charge < -0.3 is 5.32 Å². The minimum atomic E-state index is -0.904. The maximum Gasteiger partial charge on any atom is 0.329 e. The van der Waals surface area contributed by atoms with Crippen LogP contribution in [0.3, 0.4) is 0 Å². The second-order valence-electron chi connectivity index (χ2n) is 5.74. The number of anilines is 1. The van der Waals surface area contributed by atoms with E-state index in [-0.39, 0.29) is 0 Å². The number of nitriles is 1. The number of benzene rings is 1. The summed E-state index contributed by atoms with van der Waals surface area (Å²) in [6, 6.07) is 9.04. The first-order chi connectivity index (χ1) is 12.6. The molecule has 1 aromatic heterocycles. The number of nitrogens with zero attached hydrogens (tertiary/aromatic N) is 2. The van der Waals surface area contributed by atoms with Gasteiger partial charge in [-0.15, -0.1) is 11.3 Å². The summed E-state index contributed by atoms with van der Waals surface area (Å²) in [5, 5.41) is 16.6. The molecule has 0 aliphatic heterocycles. The number of hydrogen-bond acceptors (Lipinski definition) is 5. The van der Waals surface area contributed by atoms with E-state index in [0.29, 0.717) is 21.2 Å². The van der Waals surface area contributed by atoms with Crippen molar-refractivity contribution in [3.05, 3.63) is 50.9 Å². The quantitative estimate of drug-likeness (QED) is 0.481. The molecular weight excluding hydrogens is 372 g/mol. The predicted molar refractivity (Wildman–Crippen MR) is 101 cm³/mol. The first kappa shape index (κ1) is 18.1. The Morgan fingerprint density at radius 1 is 1.27 bits per heavy atom. The van der Waals surface area contributed by atoms with Gasteiger partial charge in [0.15, 0.2) is 0 Å². The third-order valence-corrected chi connectivity index (χ3v) is 5.39. The van der Waals surface area contributed by atoms with Crippen LogP contribution in [0.1, 0.15) is 34.4 Å². The molecule has 0 unspecified atom stereocenters. The zero-order chi connectivity index (χ0) is 18.5. The Labute approximate surface area is 159 Å². The largest absolute Gasteiger partial charge is 0.329 e. The van der Waals surface area contributed by atoms with Gasteiger partial charge in [0.25, 0.3) is 0 Å². The number of carbonyl (C=O) groups excluding carboxylic acids is 2. The minimum Gasteiger partial charge on any atom is -0.308 e. The molecule has 1 aliphatic carbocycles. The predicted octanol–water partition coefficient (Wildman–Crippen LogP) is 3.24. The standard InChI is InChI=1S/C18H15ClN4O2S/c19-12-5-3-4-11(8-12)10-21-23-17(25)16(24)22-18-14(9-20)13-6-1-2-7-15(13)26-18/h3-5,8,10H,1-2,6-7H2,(H,22,24)(H,23,25). The van der Waals surface area contributed by atoms with Gasteiger partial charge in [0, 0.05) is 9.90 Å². The molecule has 2 amide bonds. The van der Waals surface area contributed by atoms with Crippen LogP contribution in [0.15, 0.2) is 29.4 Å². The summed E-state index contributed by atoms with van der Waals surface area (Å²) >= 11 is 7.23. The molecule has 1 aliphatic rings. The number of fused-ring (bicyclic) bond motifs is 1. The summed E-state index contributed by atoms with van der Waals surface area (Å²) in [5.41, 5.74) is 4.32. The zero-order valence-electron chi connectivity index (χ0n) is 13.7. The SMILES string of the molecule is N#Cc1c(NC(=O)C(=O)NN=Cc2cccc(Cl)c2)sc2c1CCCC2. The summed E-state index contributed by atoms with van der Waals surface area (Å²) < 4.78 is 0. The van der Waals surface area contributed by atoms with Crippen molar-refractivity contribution in [2.75, 3.05) is 5.32 Å². The van der Waals surface area contributed by atoms with E-state index in [1.807, 2.05) is 0 Å². The van der Waals surface area contributed by atoms with Crippen molar-refractivity contribution in [3.8, 4) is 6.07 Å². The van der Waals surface area contributed by atoms with Crippen LogP contribution in [0.2, 0.25) is 5.02 Å². The van der Waals surface area contributed by atoms with E-state index in [0.717, 1.165) is 36.1 Å². The molecular formula is C18H15ClN4O2S. The van der Waals surface area contributed by atoms with E-state index < -0.39 is 11.8 Å². The molecule has 6 nitrogen and oxygen atoms in total. The van der Waals surface area contributed by atoms with Gasteiger partial charge in [-0.05, 0) is 48.9 Å². The van der Waals surface area contributed by atoms with Crippen LogP contribution in [-0.2, 0) is 22.4 Å². The second-order valence-corrected chi connectivity index (χ2v) is 7.28. The lowest BCUT2D eigenvalue weighted by atomic mass is 9.96. The average molecular weight is 387 g/mol. The van der Waals surface area contributed by atoms with Gasteiger partial charge >= 0.3 is 11.8 Å². The van der Waals surface area contributed by atoms with Gasteiger partial charge in [-0.1, -0.05) is 23.7 Å². The number of hydrazone groups is 1. The highest BCUT2D eigenvalue weighted by Crippen LogP contribution is 2.37. The van der Waals surface area contributed by atoms with Gasteiger partial charge in [-0.3, -0.25) is 9.59 Å². The second kappa shape index (κ2) is 8.13. The molecule has 132 valence electrons. The molecule has 0 bridgehead atoms. The minimum absolute atomic E-state index is 0.429. The van der Waals surface area contributed by atoms with Crippen LogP contribution in [0.25, 0.3) is 0 Å². The number of thiophene rings is 1. The van der Waals surface area contributed by atoms with Gasteiger partial charge in [0.05, 0.1) is 11.8 Å². The van der Waals surface area contributed by atoms with Crippen LogP contribution in [0.4, 0.5) is 5.00 Å². The summed E-state index contributed by atoms with van der Waals surface area (Å²) in [6.07, 6.45) is 5.23.